The van der Waals surface area contributed by atoms with Crippen molar-refractivity contribution in [3.05, 3.63) is 74.3 Å². The van der Waals surface area contributed by atoms with Gasteiger partial charge in [-0.05, 0) is 19.1 Å². The maximum atomic E-state index is 12.5. The Kier molecular flexibility index (Phi) is 4.20. The zero-order valence-electron chi connectivity index (χ0n) is 12.2. The van der Waals surface area contributed by atoms with Crippen molar-refractivity contribution >= 4 is 39.9 Å². The second-order valence-electron chi connectivity index (χ2n) is 5.25. The zero-order valence-corrected chi connectivity index (χ0v) is 13.7. The van der Waals surface area contributed by atoms with Gasteiger partial charge in [0.1, 0.15) is 0 Å². The Balaban J connectivity index is 2.00. The molecule has 0 fully saturated rings. The first-order chi connectivity index (χ1) is 11.0. The van der Waals surface area contributed by atoms with Gasteiger partial charge < -0.3 is 0 Å². The Labute approximate surface area is 142 Å². The molecule has 1 heterocycles. The minimum atomic E-state index is -0.347. The quantitative estimate of drug-likeness (QED) is 0.676. The predicted molar refractivity (Wildman–Crippen MR) is 91.5 cm³/mol. The average molecular weight is 347 g/mol. The van der Waals surface area contributed by atoms with E-state index in [2.05, 4.69) is 4.98 Å². The molecule has 0 N–H and O–H groups in total. The number of aryl methyl sites for hydroxylation is 1. The summed E-state index contributed by atoms with van der Waals surface area (Å²) in [5.41, 5.74) is 1.64. The van der Waals surface area contributed by atoms with Crippen molar-refractivity contribution in [2.45, 2.75) is 13.5 Å². The monoisotopic (exact) mass is 346 g/mol. The van der Waals surface area contributed by atoms with Crippen LogP contribution in [0.3, 0.4) is 0 Å². The summed E-state index contributed by atoms with van der Waals surface area (Å²) in [7, 11) is 0. The zero-order chi connectivity index (χ0) is 16.6. The molecule has 0 saturated heterocycles. The lowest BCUT2D eigenvalue weighted by atomic mass is 10.1. The number of carbonyl (C=O) groups excluding carboxylic acids is 1. The lowest BCUT2D eigenvalue weighted by Crippen LogP contribution is -2.24. The number of hydrogen-bond acceptors (Lipinski definition) is 3. The molecule has 0 spiro atoms. The highest BCUT2D eigenvalue weighted by molar-refractivity contribution is 6.38. The number of Topliss-reactive ketones (excluding diaryl/α,β-unsaturated/α-hetero) is 1. The number of benzene rings is 2. The molecule has 0 atom stereocenters. The predicted octanol–water partition coefficient (Wildman–Crippen LogP) is 3.89. The van der Waals surface area contributed by atoms with Gasteiger partial charge in [-0.1, -0.05) is 53.0 Å². The van der Waals surface area contributed by atoms with Gasteiger partial charge in [-0.3, -0.25) is 14.2 Å². The lowest BCUT2D eigenvalue weighted by molar-refractivity contribution is 0.0970. The van der Waals surface area contributed by atoms with Crippen LogP contribution in [0.15, 0.2) is 47.5 Å². The summed E-state index contributed by atoms with van der Waals surface area (Å²) in [6.45, 7) is 1.86. The van der Waals surface area contributed by atoms with E-state index in [-0.39, 0.29) is 17.9 Å². The summed E-state index contributed by atoms with van der Waals surface area (Å²) in [6.07, 6.45) is 1.33. The van der Waals surface area contributed by atoms with E-state index in [4.69, 9.17) is 23.2 Å². The summed E-state index contributed by atoms with van der Waals surface area (Å²) in [5.74, 6) is -0.165. The number of rotatable bonds is 3. The molecule has 0 radical (unpaired) electrons. The maximum absolute atomic E-state index is 12.5. The smallest absolute Gasteiger partial charge is 0.261 e. The van der Waals surface area contributed by atoms with Crippen LogP contribution in [0.5, 0.6) is 0 Å². The second kappa shape index (κ2) is 6.14. The third-order valence-corrected chi connectivity index (χ3v) is 4.04. The first-order valence-electron chi connectivity index (χ1n) is 6.90. The Bertz CT molecular complexity index is 963. The highest BCUT2D eigenvalue weighted by Gasteiger charge is 2.12. The maximum Gasteiger partial charge on any atom is 0.261 e. The van der Waals surface area contributed by atoms with E-state index in [0.717, 1.165) is 5.56 Å². The number of nitrogens with zero attached hydrogens (tertiary/aromatic N) is 2. The number of hydrogen-bond donors (Lipinski definition) is 0. The van der Waals surface area contributed by atoms with Crippen LogP contribution in [0.25, 0.3) is 10.9 Å². The molecule has 0 aliphatic heterocycles. The van der Waals surface area contributed by atoms with Crippen molar-refractivity contribution in [3.63, 3.8) is 0 Å². The van der Waals surface area contributed by atoms with Crippen molar-refractivity contribution < 1.29 is 4.79 Å². The number of carbonyl (C=O) groups is 1. The Morgan fingerprint density at radius 1 is 1.17 bits per heavy atom. The van der Waals surface area contributed by atoms with Crippen molar-refractivity contribution in [3.8, 4) is 0 Å². The van der Waals surface area contributed by atoms with E-state index in [9.17, 15) is 9.59 Å². The fraction of sp³-hybridized carbons (Fsp3) is 0.118. The van der Waals surface area contributed by atoms with Crippen LogP contribution in [-0.2, 0) is 6.54 Å². The van der Waals surface area contributed by atoms with Crippen LogP contribution < -0.4 is 5.56 Å². The molecule has 1 aromatic heterocycles. The Hall–Kier alpha value is -2.17. The van der Waals surface area contributed by atoms with Crippen molar-refractivity contribution in [2.24, 2.45) is 0 Å². The molecule has 3 aromatic rings. The lowest BCUT2D eigenvalue weighted by Gasteiger charge is -2.07. The molecule has 0 bridgehead atoms. The number of aromatic nitrogens is 2. The SMILES string of the molecule is Cc1ccc(C(=O)Cn2cnc3c(Cl)cc(Cl)cc3c2=O)cc1. The van der Waals surface area contributed by atoms with Crippen molar-refractivity contribution in [2.75, 3.05) is 0 Å². The number of fused-ring (bicyclic) bond motifs is 1. The minimum Gasteiger partial charge on any atom is -0.292 e. The van der Waals surface area contributed by atoms with Gasteiger partial charge in [0.15, 0.2) is 5.78 Å². The molecule has 6 heteroatoms. The molecule has 3 rings (SSSR count). The molecule has 23 heavy (non-hydrogen) atoms. The van der Waals surface area contributed by atoms with E-state index >= 15 is 0 Å². The van der Waals surface area contributed by atoms with Crippen LogP contribution in [-0.4, -0.2) is 15.3 Å². The molecule has 0 saturated carbocycles. The van der Waals surface area contributed by atoms with Gasteiger partial charge in [-0.25, -0.2) is 4.98 Å². The molecular formula is C17H12Cl2N2O2. The van der Waals surface area contributed by atoms with Gasteiger partial charge in [0.2, 0.25) is 0 Å². The molecule has 2 aromatic carbocycles. The van der Waals surface area contributed by atoms with Gasteiger partial charge >= 0.3 is 0 Å². The van der Waals surface area contributed by atoms with Crippen LogP contribution in [0, 0.1) is 6.92 Å². The van der Waals surface area contributed by atoms with Crippen LogP contribution >= 0.6 is 23.2 Å². The van der Waals surface area contributed by atoms with Crippen LogP contribution in [0.4, 0.5) is 0 Å². The van der Waals surface area contributed by atoms with Gasteiger partial charge in [0.25, 0.3) is 5.56 Å². The normalized spacial score (nSPS) is 10.9. The van der Waals surface area contributed by atoms with Crippen molar-refractivity contribution in [1.82, 2.24) is 9.55 Å². The molecule has 0 aliphatic rings. The first kappa shape index (κ1) is 15.7. The van der Waals surface area contributed by atoms with Crippen LogP contribution in [0.2, 0.25) is 10.0 Å². The van der Waals surface area contributed by atoms with E-state index in [0.29, 0.717) is 26.5 Å². The highest BCUT2D eigenvalue weighted by Crippen LogP contribution is 2.23. The molecule has 0 amide bonds. The molecular weight excluding hydrogens is 335 g/mol. The largest absolute Gasteiger partial charge is 0.292 e. The van der Waals surface area contributed by atoms with E-state index in [1.807, 2.05) is 19.1 Å². The number of halogens is 2. The third kappa shape index (κ3) is 3.14. The van der Waals surface area contributed by atoms with Crippen LogP contribution in [0.1, 0.15) is 15.9 Å². The van der Waals surface area contributed by atoms with E-state index < -0.39 is 0 Å². The Morgan fingerprint density at radius 3 is 2.57 bits per heavy atom. The second-order valence-corrected chi connectivity index (χ2v) is 6.09. The number of ketones is 1. The Morgan fingerprint density at radius 2 is 1.87 bits per heavy atom. The fourth-order valence-corrected chi connectivity index (χ4v) is 2.84. The molecule has 0 aliphatic carbocycles. The standard InChI is InChI=1S/C17H12Cl2N2O2/c1-10-2-4-11(5-3-10)15(22)8-21-9-20-16-13(17(21)23)6-12(18)7-14(16)19/h2-7,9H,8H2,1H3. The fourth-order valence-electron chi connectivity index (χ4n) is 2.29. The van der Waals surface area contributed by atoms with Gasteiger partial charge in [0, 0.05) is 10.6 Å². The van der Waals surface area contributed by atoms with Gasteiger partial charge in [-0.15, -0.1) is 0 Å². The highest BCUT2D eigenvalue weighted by atomic mass is 35.5. The molecule has 0 unspecified atom stereocenters. The van der Waals surface area contributed by atoms with E-state index in [1.54, 1.807) is 12.1 Å². The summed E-state index contributed by atoms with van der Waals surface area (Å²) in [5, 5.41) is 0.951. The van der Waals surface area contributed by atoms with Gasteiger partial charge in [-0.2, -0.15) is 0 Å². The summed E-state index contributed by atoms with van der Waals surface area (Å²) < 4.78 is 1.26. The molecule has 4 nitrogen and oxygen atoms in total. The van der Waals surface area contributed by atoms with E-state index in [1.165, 1.54) is 23.0 Å². The average Bonchev–Trinajstić information content (AvgIpc) is 2.51. The topological polar surface area (TPSA) is 52.0 Å². The minimum absolute atomic E-state index is 0.0883. The van der Waals surface area contributed by atoms with Crippen molar-refractivity contribution in [1.29, 1.82) is 0 Å². The van der Waals surface area contributed by atoms with Gasteiger partial charge in [0.05, 0.1) is 28.8 Å². The first-order valence-corrected chi connectivity index (χ1v) is 7.65. The summed E-state index contributed by atoms with van der Waals surface area (Å²) in [4.78, 5) is 29.0. The third-order valence-electron chi connectivity index (χ3n) is 3.53. The summed E-state index contributed by atoms with van der Waals surface area (Å²) in [6, 6.07) is 10.2. The summed E-state index contributed by atoms with van der Waals surface area (Å²) >= 11 is 12.0. The molecule has 116 valence electrons.